The Morgan fingerprint density at radius 1 is 1.06 bits per heavy atom. The van der Waals surface area contributed by atoms with Gasteiger partial charge in [-0.2, -0.15) is 0 Å². The number of amides is 1. The molecule has 3 heteroatoms. The fourth-order valence-electron chi connectivity index (χ4n) is 1.50. The van der Waals surface area contributed by atoms with E-state index < -0.39 is 0 Å². The monoisotopic (exact) mass is 226 g/mol. The van der Waals surface area contributed by atoms with Gasteiger partial charge in [-0.05, 0) is 38.1 Å². The van der Waals surface area contributed by atoms with Gasteiger partial charge in [0.2, 0.25) is 0 Å². The third-order valence-electron chi connectivity index (χ3n) is 2.43. The van der Waals surface area contributed by atoms with Crippen molar-refractivity contribution in [2.45, 2.75) is 13.8 Å². The van der Waals surface area contributed by atoms with Gasteiger partial charge in [-0.1, -0.05) is 23.8 Å². The van der Waals surface area contributed by atoms with Crippen LogP contribution in [0.25, 0.3) is 0 Å². The average molecular weight is 226 g/mol. The molecule has 1 heterocycles. The van der Waals surface area contributed by atoms with E-state index in [2.05, 4.69) is 10.3 Å². The van der Waals surface area contributed by atoms with Gasteiger partial charge in [0.05, 0.1) is 0 Å². The van der Waals surface area contributed by atoms with E-state index in [9.17, 15) is 4.79 Å². The fraction of sp³-hybridized carbons (Fsp3) is 0.143. The zero-order valence-electron chi connectivity index (χ0n) is 9.90. The summed E-state index contributed by atoms with van der Waals surface area (Å²) in [6.07, 6.45) is 0. The van der Waals surface area contributed by atoms with Gasteiger partial charge in [-0.15, -0.1) is 0 Å². The van der Waals surface area contributed by atoms with Crippen LogP contribution in [0.3, 0.4) is 0 Å². The molecule has 0 bridgehead atoms. The Morgan fingerprint density at radius 3 is 2.41 bits per heavy atom. The van der Waals surface area contributed by atoms with E-state index in [0.717, 1.165) is 16.9 Å². The predicted molar refractivity (Wildman–Crippen MR) is 68.1 cm³/mol. The quantitative estimate of drug-likeness (QED) is 0.855. The first-order chi connectivity index (χ1) is 8.15. The molecular weight excluding hydrogens is 212 g/mol. The summed E-state index contributed by atoms with van der Waals surface area (Å²) in [5, 5.41) is 2.81. The van der Waals surface area contributed by atoms with E-state index in [1.165, 1.54) is 0 Å². The number of hydrogen-bond donors (Lipinski definition) is 1. The smallest absolute Gasteiger partial charge is 0.274 e. The number of nitrogens with one attached hydrogen (secondary N) is 1. The summed E-state index contributed by atoms with van der Waals surface area (Å²) < 4.78 is 0. The van der Waals surface area contributed by atoms with E-state index in [1.54, 1.807) is 6.07 Å². The first-order valence-corrected chi connectivity index (χ1v) is 5.47. The Morgan fingerprint density at radius 2 is 1.76 bits per heavy atom. The minimum Gasteiger partial charge on any atom is -0.321 e. The molecule has 1 aromatic heterocycles. The SMILES string of the molecule is Cc1ccc(NC(=O)c2cccc(C)n2)cc1. The van der Waals surface area contributed by atoms with E-state index in [1.807, 2.05) is 50.2 Å². The molecule has 0 saturated heterocycles. The Labute approximate surface area is 101 Å². The summed E-state index contributed by atoms with van der Waals surface area (Å²) >= 11 is 0. The van der Waals surface area contributed by atoms with Crippen LogP contribution in [-0.4, -0.2) is 10.9 Å². The number of pyridine rings is 1. The number of nitrogens with zero attached hydrogens (tertiary/aromatic N) is 1. The van der Waals surface area contributed by atoms with Gasteiger partial charge in [0.15, 0.2) is 0 Å². The molecule has 3 nitrogen and oxygen atoms in total. The lowest BCUT2D eigenvalue weighted by Crippen LogP contribution is -2.13. The number of benzene rings is 1. The summed E-state index contributed by atoms with van der Waals surface area (Å²) in [6, 6.07) is 13.1. The van der Waals surface area contributed by atoms with Crippen LogP contribution < -0.4 is 5.32 Å². The second-order valence-electron chi connectivity index (χ2n) is 3.98. The van der Waals surface area contributed by atoms with Crippen molar-refractivity contribution in [2.24, 2.45) is 0 Å². The second-order valence-corrected chi connectivity index (χ2v) is 3.98. The Bertz CT molecular complexity index is 532. The highest BCUT2D eigenvalue weighted by molar-refractivity contribution is 6.02. The number of hydrogen-bond acceptors (Lipinski definition) is 2. The second kappa shape index (κ2) is 4.78. The lowest BCUT2D eigenvalue weighted by Gasteiger charge is -2.05. The van der Waals surface area contributed by atoms with Gasteiger partial charge >= 0.3 is 0 Å². The zero-order valence-corrected chi connectivity index (χ0v) is 9.90. The van der Waals surface area contributed by atoms with Crippen LogP contribution in [0.15, 0.2) is 42.5 Å². The molecule has 0 unspecified atom stereocenters. The van der Waals surface area contributed by atoms with Gasteiger partial charge < -0.3 is 5.32 Å². The molecule has 1 aromatic carbocycles. The van der Waals surface area contributed by atoms with E-state index >= 15 is 0 Å². The molecule has 0 radical (unpaired) electrons. The molecule has 0 atom stereocenters. The van der Waals surface area contributed by atoms with Crippen LogP contribution in [0, 0.1) is 13.8 Å². The van der Waals surface area contributed by atoms with Gasteiger partial charge in [0.25, 0.3) is 5.91 Å². The molecular formula is C14H14N2O. The number of rotatable bonds is 2. The minimum absolute atomic E-state index is 0.183. The standard InChI is InChI=1S/C14H14N2O/c1-10-6-8-12(9-7-10)16-14(17)13-5-3-4-11(2)15-13/h3-9H,1-2H3,(H,16,17). The minimum atomic E-state index is -0.183. The summed E-state index contributed by atoms with van der Waals surface area (Å²) in [4.78, 5) is 16.1. The highest BCUT2D eigenvalue weighted by Gasteiger charge is 2.06. The Hall–Kier alpha value is -2.16. The van der Waals surface area contributed by atoms with Crippen LogP contribution in [0.2, 0.25) is 0 Å². The Kier molecular flexibility index (Phi) is 3.19. The predicted octanol–water partition coefficient (Wildman–Crippen LogP) is 2.95. The zero-order chi connectivity index (χ0) is 12.3. The third-order valence-corrected chi connectivity index (χ3v) is 2.43. The van der Waals surface area contributed by atoms with E-state index in [-0.39, 0.29) is 5.91 Å². The van der Waals surface area contributed by atoms with Crippen molar-refractivity contribution in [3.8, 4) is 0 Å². The number of aryl methyl sites for hydroxylation is 2. The highest BCUT2D eigenvalue weighted by Crippen LogP contribution is 2.10. The maximum atomic E-state index is 11.9. The van der Waals surface area contributed by atoms with Crippen LogP contribution in [0.4, 0.5) is 5.69 Å². The average Bonchev–Trinajstić information content (AvgIpc) is 2.32. The lowest BCUT2D eigenvalue weighted by atomic mass is 10.2. The fourth-order valence-corrected chi connectivity index (χ4v) is 1.50. The summed E-state index contributed by atoms with van der Waals surface area (Å²) in [5.41, 5.74) is 3.22. The lowest BCUT2D eigenvalue weighted by molar-refractivity contribution is 0.102. The number of carbonyl (C=O) groups is 1. The first-order valence-electron chi connectivity index (χ1n) is 5.47. The summed E-state index contributed by atoms with van der Waals surface area (Å²) in [5.74, 6) is -0.183. The van der Waals surface area contributed by atoms with Crippen molar-refractivity contribution >= 4 is 11.6 Å². The highest BCUT2D eigenvalue weighted by atomic mass is 16.1. The van der Waals surface area contributed by atoms with E-state index in [0.29, 0.717) is 5.69 Å². The molecule has 0 aliphatic heterocycles. The number of aromatic nitrogens is 1. The van der Waals surface area contributed by atoms with Crippen LogP contribution in [-0.2, 0) is 0 Å². The largest absolute Gasteiger partial charge is 0.321 e. The van der Waals surface area contributed by atoms with Gasteiger partial charge in [0, 0.05) is 11.4 Å². The molecule has 2 rings (SSSR count). The maximum absolute atomic E-state index is 11.9. The molecule has 0 aliphatic rings. The third kappa shape index (κ3) is 2.91. The van der Waals surface area contributed by atoms with Crippen molar-refractivity contribution in [1.82, 2.24) is 4.98 Å². The van der Waals surface area contributed by atoms with Crippen molar-refractivity contribution in [3.05, 3.63) is 59.4 Å². The topological polar surface area (TPSA) is 42.0 Å². The van der Waals surface area contributed by atoms with Crippen molar-refractivity contribution < 1.29 is 4.79 Å². The van der Waals surface area contributed by atoms with E-state index in [4.69, 9.17) is 0 Å². The van der Waals surface area contributed by atoms with Crippen LogP contribution in [0.1, 0.15) is 21.7 Å². The number of anilines is 1. The molecule has 1 N–H and O–H groups in total. The summed E-state index contributed by atoms with van der Waals surface area (Å²) in [6.45, 7) is 3.87. The first kappa shape index (κ1) is 11.3. The molecule has 2 aromatic rings. The van der Waals surface area contributed by atoms with Crippen LogP contribution >= 0.6 is 0 Å². The van der Waals surface area contributed by atoms with Crippen molar-refractivity contribution in [1.29, 1.82) is 0 Å². The Balaban J connectivity index is 2.14. The molecule has 0 saturated carbocycles. The van der Waals surface area contributed by atoms with Crippen molar-refractivity contribution in [3.63, 3.8) is 0 Å². The molecule has 0 fully saturated rings. The number of carbonyl (C=O) groups excluding carboxylic acids is 1. The molecule has 0 spiro atoms. The molecule has 1 amide bonds. The maximum Gasteiger partial charge on any atom is 0.274 e. The van der Waals surface area contributed by atoms with Crippen LogP contribution in [0.5, 0.6) is 0 Å². The molecule has 17 heavy (non-hydrogen) atoms. The van der Waals surface area contributed by atoms with Crippen molar-refractivity contribution in [2.75, 3.05) is 5.32 Å². The summed E-state index contributed by atoms with van der Waals surface area (Å²) in [7, 11) is 0. The normalized spacial score (nSPS) is 10.0. The van der Waals surface area contributed by atoms with Gasteiger partial charge in [-0.25, -0.2) is 4.98 Å². The molecule has 86 valence electrons. The van der Waals surface area contributed by atoms with Gasteiger partial charge in [0.1, 0.15) is 5.69 Å². The molecule has 0 aliphatic carbocycles. The van der Waals surface area contributed by atoms with Gasteiger partial charge in [-0.3, -0.25) is 4.79 Å².